The quantitative estimate of drug-likeness (QED) is 0.418. The van der Waals surface area contributed by atoms with Crippen molar-refractivity contribution in [1.29, 1.82) is 0 Å². The van der Waals surface area contributed by atoms with Crippen molar-refractivity contribution >= 4 is 39.1 Å². The molecule has 0 radical (unpaired) electrons. The molecule has 196 valence electrons. The molecule has 3 aromatic carbocycles. The van der Waals surface area contributed by atoms with Crippen LogP contribution in [0.5, 0.6) is 0 Å². The Balaban J connectivity index is 2.07. The standard InChI is InChI=1S/C28H32ClN3O4S/c1-20-10-8-9-13-23(20)18-31(26(28(34)30-3)16-22-11-6-5-7-12-22)27(33)19-32(37(4,35)36)25-17-24(29)15-14-21(25)2/h5-15,17,26H,16,18-19H2,1-4H3,(H,30,34)/t26-/m0/s1. The van der Waals surface area contributed by atoms with Gasteiger partial charge in [-0.3, -0.25) is 13.9 Å². The van der Waals surface area contributed by atoms with Gasteiger partial charge in [0.15, 0.2) is 0 Å². The number of amides is 2. The zero-order valence-electron chi connectivity index (χ0n) is 21.4. The van der Waals surface area contributed by atoms with Crippen LogP contribution in [0.25, 0.3) is 0 Å². The van der Waals surface area contributed by atoms with Crippen LogP contribution in [0.15, 0.2) is 72.8 Å². The summed E-state index contributed by atoms with van der Waals surface area (Å²) in [7, 11) is -2.33. The van der Waals surface area contributed by atoms with Crippen molar-refractivity contribution in [1.82, 2.24) is 10.2 Å². The second-order valence-electron chi connectivity index (χ2n) is 8.97. The van der Waals surface area contributed by atoms with Crippen molar-refractivity contribution in [3.05, 3.63) is 100 Å². The van der Waals surface area contributed by atoms with E-state index in [1.54, 1.807) is 19.1 Å². The summed E-state index contributed by atoms with van der Waals surface area (Å²) >= 11 is 6.17. The Hall–Kier alpha value is -3.36. The third-order valence-corrected chi connectivity index (χ3v) is 7.60. The molecule has 0 unspecified atom stereocenters. The molecular weight excluding hydrogens is 510 g/mol. The molecule has 0 aromatic heterocycles. The molecule has 1 N–H and O–H groups in total. The van der Waals surface area contributed by atoms with Gasteiger partial charge in [-0.2, -0.15) is 0 Å². The molecule has 0 spiro atoms. The second-order valence-corrected chi connectivity index (χ2v) is 11.3. The maximum Gasteiger partial charge on any atom is 0.244 e. The number of halogens is 1. The Morgan fingerprint density at radius 2 is 1.59 bits per heavy atom. The van der Waals surface area contributed by atoms with Gasteiger partial charge in [0.05, 0.1) is 11.9 Å². The Kier molecular flexibility index (Phi) is 9.34. The Morgan fingerprint density at radius 3 is 2.22 bits per heavy atom. The molecule has 0 aliphatic carbocycles. The van der Waals surface area contributed by atoms with E-state index in [2.05, 4.69) is 5.32 Å². The van der Waals surface area contributed by atoms with Gasteiger partial charge in [0.1, 0.15) is 12.6 Å². The highest BCUT2D eigenvalue weighted by Gasteiger charge is 2.33. The number of rotatable bonds is 10. The van der Waals surface area contributed by atoms with Gasteiger partial charge in [-0.15, -0.1) is 0 Å². The van der Waals surface area contributed by atoms with Crippen molar-refractivity contribution < 1.29 is 18.0 Å². The van der Waals surface area contributed by atoms with E-state index in [1.807, 2.05) is 61.5 Å². The molecule has 0 saturated heterocycles. The Bertz CT molecular complexity index is 1360. The van der Waals surface area contributed by atoms with Crippen LogP contribution in [0.3, 0.4) is 0 Å². The molecule has 0 heterocycles. The van der Waals surface area contributed by atoms with Gasteiger partial charge in [0.2, 0.25) is 21.8 Å². The number of nitrogens with one attached hydrogen (secondary N) is 1. The van der Waals surface area contributed by atoms with Crippen molar-refractivity contribution in [2.75, 3.05) is 24.2 Å². The van der Waals surface area contributed by atoms with E-state index >= 15 is 0 Å². The molecule has 0 fully saturated rings. The molecule has 2 amide bonds. The normalized spacial score (nSPS) is 12.0. The summed E-state index contributed by atoms with van der Waals surface area (Å²) in [5, 5.41) is 3.02. The predicted molar refractivity (Wildman–Crippen MR) is 148 cm³/mol. The van der Waals surface area contributed by atoms with E-state index in [0.717, 1.165) is 27.3 Å². The lowest BCUT2D eigenvalue weighted by Gasteiger charge is -2.34. The summed E-state index contributed by atoms with van der Waals surface area (Å²) in [6.45, 7) is 3.35. The van der Waals surface area contributed by atoms with Crippen molar-refractivity contribution in [2.24, 2.45) is 0 Å². The summed E-state index contributed by atoms with van der Waals surface area (Å²) < 4.78 is 26.7. The molecule has 3 aromatic rings. The lowest BCUT2D eigenvalue weighted by molar-refractivity contribution is -0.139. The first-order valence-electron chi connectivity index (χ1n) is 11.8. The Labute approximate surface area is 224 Å². The minimum Gasteiger partial charge on any atom is -0.357 e. The third-order valence-electron chi connectivity index (χ3n) is 6.24. The average molecular weight is 542 g/mol. The van der Waals surface area contributed by atoms with E-state index in [0.29, 0.717) is 16.3 Å². The van der Waals surface area contributed by atoms with Crippen molar-refractivity contribution in [2.45, 2.75) is 32.9 Å². The van der Waals surface area contributed by atoms with Gasteiger partial charge in [0.25, 0.3) is 0 Å². The van der Waals surface area contributed by atoms with Crippen LogP contribution in [-0.2, 0) is 32.6 Å². The first-order valence-corrected chi connectivity index (χ1v) is 14.1. The van der Waals surface area contributed by atoms with Gasteiger partial charge in [-0.05, 0) is 48.2 Å². The van der Waals surface area contributed by atoms with E-state index in [1.165, 1.54) is 18.0 Å². The number of benzene rings is 3. The van der Waals surface area contributed by atoms with Crippen molar-refractivity contribution in [3.8, 4) is 0 Å². The zero-order chi connectivity index (χ0) is 27.2. The number of likely N-dealkylation sites (N-methyl/N-ethyl adjacent to an activating group) is 1. The summed E-state index contributed by atoms with van der Waals surface area (Å²) in [6, 6.07) is 21.0. The van der Waals surface area contributed by atoms with Crippen LogP contribution >= 0.6 is 11.6 Å². The predicted octanol–water partition coefficient (Wildman–Crippen LogP) is 4.11. The molecule has 1 atom stereocenters. The van der Waals surface area contributed by atoms with Crippen LogP contribution < -0.4 is 9.62 Å². The lowest BCUT2D eigenvalue weighted by atomic mass is 10.0. The number of hydrogen-bond donors (Lipinski definition) is 1. The first kappa shape index (κ1) is 28.2. The highest BCUT2D eigenvalue weighted by atomic mass is 35.5. The van der Waals surface area contributed by atoms with E-state index in [-0.39, 0.29) is 18.9 Å². The van der Waals surface area contributed by atoms with Crippen LogP contribution in [-0.4, -0.2) is 51.0 Å². The number of hydrogen-bond acceptors (Lipinski definition) is 4. The second kappa shape index (κ2) is 12.3. The fraction of sp³-hybridized carbons (Fsp3) is 0.286. The fourth-order valence-corrected chi connectivity index (χ4v) is 5.20. The van der Waals surface area contributed by atoms with Gasteiger partial charge in [0, 0.05) is 25.0 Å². The topological polar surface area (TPSA) is 86.8 Å². The number of nitrogens with zero attached hydrogens (tertiary/aromatic N) is 2. The van der Waals surface area contributed by atoms with Gasteiger partial charge < -0.3 is 10.2 Å². The summed E-state index contributed by atoms with van der Waals surface area (Å²) in [4.78, 5) is 28.5. The maximum absolute atomic E-state index is 13.9. The molecule has 7 nitrogen and oxygen atoms in total. The van der Waals surface area contributed by atoms with E-state index in [4.69, 9.17) is 11.6 Å². The first-order chi connectivity index (χ1) is 17.5. The monoisotopic (exact) mass is 541 g/mol. The minimum atomic E-state index is -3.85. The molecule has 0 saturated carbocycles. The molecule has 9 heteroatoms. The molecule has 3 rings (SSSR count). The average Bonchev–Trinajstić information content (AvgIpc) is 2.86. The fourth-order valence-electron chi connectivity index (χ4n) is 4.14. The van der Waals surface area contributed by atoms with Crippen LogP contribution in [0, 0.1) is 13.8 Å². The summed E-state index contributed by atoms with van der Waals surface area (Å²) in [5.41, 5.74) is 3.67. The molecule has 0 bridgehead atoms. The smallest absolute Gasteiger partial charge is 0.244 e. The van der Waals surface area contributed by atoms with Gasteiger partial charge in [-0.25, -0.2) is 8.42 Å². The highest BCUT2D eigenvalue weighted by molar-refractivity contribution is 7.92. The maximum atomic E-state index is 13.9. The number of carbonyl (C=O) groups excluding carboxylic acids is 2. The van der Waals surface area contributed by atoms with Gasteiger partial charge >= 0.3 is 0 Å². The van der Waals surface area contributed by atoms with Crippen LogP contribution in [0.1, 0.15) is 22.3 Å². The van der Waals surface area contributed by atoms with Crippen molar-refractivity contribution in [3.63, 3.8) is 0 Å². The molecule has 0 aliphatic rings. The summed E-state index contributed by atoms with van der Waals surface area (Å²) in [6.07, 6.45) is 1.32. The highest BCUT2D eigenvalue weighted by Crippen LogP contribution is 2.27. The minimum absolute atomic E-state index is 0.141. The zero-order valence-corrected chi connectivity index (χ0v) is 23.0. The summed E-state index contributed by atoms with van der Waals surface area (Å²) in [5.74, 6) is -0.840. The molecule has 37 heavy (non-hydrogen) atoms. The molecular formula is C28H32ClN3O4S. The largest absolute Gasteiger partial charge is 0.357 e. The third kappa shape index (κ3) is 7.33. The number of sulfonamides is 1. The van der Waals surface area contributed by atoms with Crippen LogP contribution in [0.2, 0.25) is 5.02 Å². The van der Waals surface area contributed by atoms with Gasteiger partial charge in [-0.1, -0.05) is 72.3 Å². The Morgan fingerprint density at radius 1 is 0.946 bits per heavy atom. The van der Waals surface area contributed by atoms with Crippen LogP contribution in [0.4, 0.5) is 5.69 Å². The van der Waals surface area contributed by atoms with E-state index < -0.39 is 28.5 Å². The SMILES string of the molecule is CNC(=O)[C@H](Cc1ccccc1)N(Cc1ccccc1C)C(=O)CN(c1cc(Cl)ccc1C)S(C)(=O)=O. The lowest BCUT2D eigenvalue weighted by Crippen LogP contribution is -2.53. The number of carbonyl (C=O) groups is 2. The number of anilines is 1. The molecule has 0 aliphatic heterocycles. The van der Waals surface area contributed by atoms with E-state index in [9.17, 15) is 18.0 Å². The number of aryl methyl sites for hydroxylation is 2.